The molecule has 7 heteroatoms. The minimum absolute atomic E-state index is 0.138. The minimum atomic E-state index is -0.138. The van der Waals surface area contributed by atoms with Crippen LogP contribution in [0, 0.1) is 0 Å². The number of ether oxygens (including phenoxy) is 2. The highest BCUT2D eigenvalue weighted by atomic mass is 35.5. The van der Waals surface area contributed by atoms with Crippen LogP contribution < -0.4 is 9.47 Å². The van der Waals surface area contributed by atoms with Gasteiger partial charge in [-0.3, -0.25) is 9.69 Å². The van der Waals surface area contributed by atoms with E-state index in [4.69, 9.17) is 33.3 Å². The molecule has 1 fully saturated rings. The van der Waals surface area contributed by atoms with Crippen molar-refractivity contribution in [3.05, 3.63) is 28.4 Å². The van der Waals surface area contributed by atoms with Crippen molar-refractivity contribution in [2.24, 2.45) is 0 Å². The Bertz CT molecular complexity index is 660. The summed E-state index contributed by atoms with van der Waals surface area (Å²) < 4.78 is 10.5. The van der Waals surface area contributed by atoms with Gasteiger partial charge >= 0.3 is 0 Å². The number of halogens is 1. The zero-order chi connectivity index (χ0) is 16.4. The van der Waals surface area contributed by atoms with E-state index in [1.54, 1.807) is 37.3 Å². The van der Waals surface area contributed by atoms with Gasteiger partial charge in [0, 0.05) is 19.7 Å². The fraction of sp³-hybridized carbons (Fsp3) is 0.333. The van der Waals surface area contributed by atoms with Gasteiger partial charge in [0.15, 0.2) is 16.6 Å². The predicted molar refractivity (Wildman–Crippen MR) is 90.3 cm³/mol. The first-order valence-electron chi connectivity index (χ1n) is 6.67. The molecule has 0 unspecified atom stereocenters. The van der Waals surface area contributed by atoms with Crippen LogP contribution in [0.1, 0.15) is 12.5 Å². The fourth-order valence-electron chi connectivity index (χ4n) is 2.22. The van der Waals surface area contributed by atoms with E-state index in [0.717, 1.165) is 0 Å². The van der Waals surface area contributed by atoms with Crippen LogP contribution in [0.2, 0.25) is 5.02 Å². The summed E-state index contributed by atoms with van der Waals surface area (Å²) in [4.78, 5) is 15.6. The lowest BCUT2D eigenvalue weighted by Crippen LogP contribution is -2.30. The van der Waals surface area contributed by atoms with Gasteiger partial charge in [-0.25, -0.2) is 0 Å². The van der Waals surface area contributed by atoms with E-state index in [1.165, 1.54) is 12.0 Å². The van der Waals surface area contributed by atoms with Gasteiger partial charge in [0.2, 0.25) is 0 Å². The molecule has 22 heavy (non-hydrogen) atoms. The SMILES string of the molecule is CCN1C(=O)/C(=C/c2cc(OC)c(OC)cc2Cl)N(C)C1=S. The maximum absolute atomic E-state index is 12.4. The highest BCUT2D eigenvalue weighted by Gasteiger charge is 2.34. The van der Waals surface area contributed by atoms with E-state index in [2.05, 4.69) is 0 Å². The van der Waals surface area contributed by atoms with Crippen LogP contribution in [-0.4, -0.2) is 48.6 Å². The molecule has 1 aliphatic heterocycles. The molecule has 2 rings (SSSR count). The fourth-order valence-corrected chi connectivity index (χ4v) is 2.74. The molecule has 1 aromatic carbocycles. The molecule has 0 atom stereocenters. The van der Waals surface area contributed by atoms with Crippen LogP contribution in [0.5, 0.6) is 11.5 Å². The van der Waals surface area contributed by atoms with Crippen LogP contribution in [0.15, 0.2) is 17.8 Å². The van der Waals surface area contributed by atoms with Gasteiger partial charge in [-0.05, 0) is 36.8 Å². The smallest absolute Gasteiger partial charge is 0.276 e. The molecule has 1 heterocycles. The Morgan fingerprint density at radius 3 is 2.36 bits per heavy atom. The van der Waals surface area contributed by atoms with Gasteiger partial charge in [0.05, 0.1) is 19.2 Å². The summed E-state index contributed by atoms with van der Waals surface area (Å²) in [6.07, 6.45) is 1.70. The van der Waals surface area contributed by atoms with Crippen LogP contribution in [0.3, 0.4) is 0 Å². The number of thiocarbonyl (C=S) groups is 1. The van der Waals surface area contributed by atoms with Gasteiger partial charge in [0.1, 0.15) is 5.70 Å². The number of amides is 1. The summed E-state index contributed by atoms with van der Waals surface area (Å²) in [5.74, 6) is 0.939. The van der Waals surface area contributed by atoms with Gasteiger partial charge in [-0.15, -0.1) is 0 Å². The zero-order valence-electron chi connectivity index (χ0n) is 12.8. The molecule has 0 spiro atoms. The lowest BCUT2D eigenvalue weighted by Gasteiger charge is -2.14. The summed E-state index contributed by atoms with van der Waals surface area (Å²) in [7, 11) is 4.85. The lowest BCUT2D eigenvalue weighted by molar-refractivity contribution is -0.122. The second-order valence-corrected chi connectivity index (χ2v) is 5.42. The summed E-state index contributed by atoms with van der Waals surface area (Å²) in [5.41, 5.74) is 1.14. The molecule has 1 aromatic rings. The van der Waals surface area contributed by atoms with E-state index in [1.807, 2.05) is 6.92 Å². The Labute approximate surface area is 140 Å². The summed E-state index contributed by atoms with van der Waals surface area (Å²) >= 11 is 11.5. The topological polar surface area (TPSA) is 42.0 Å². The van der Waals surface area contributed by atoms with E-state index in [9.17, 15) is 4.79 Å². The highest BCUT2D eigenvalue weighted by Crippen LogP contribution is 2.35. The number of methoxy groups -OCH3 is 2. The Morgan fingerprint density at radius 2 is 1.86 bits per heavy atom. The molecule has 0 aromatic heterocycles. The molecular formula is C15H17ClN2O3S. The Balaban J connectivity index is 2.49. The molecule has 118 valence electrons. The minimum Gasteiger partial charge on any atom is -0.493 e. The number of benzene rings is 1. The largest absolute Gasteiger partial charge is 0.493 e. The van der Waals surface area contributed by atoms with E-state index >= 15 is 0 Å². The number of nitrogens with zero attached hydrogens (tertiary/aromatic N) is 2. The molecule has 5 nitrogen and oxygen atoms in total. The number of hydrogen-bond acceptors (Lipinski definition) is 4. The first-order chi connectivity index (χ1) is 10.4. The average Bonchev–Trinajstić information content (AvgIpc) is 2.71. The van der Waals surface area contributed by atoms with E-state index in [0.29, 0.717) is 39.4 Å². The number of carbonyl (C=O) groups is 1. The highest BCUT2D eigenvalue weighted by molar-refractivity contribution is 7.80. The van der Waals surface area contributed by atoms with Gasteiger partial charge in [-0.2, -0.15) is 0 Å². The van der Waals surface area contributed by atoms with Crippen molar-refractivity contribution in [3.63, 3.8) is 0 Å². The Hall–Kier alpha value is -1.79. The third-order valence-corrected chi connectivity index (χ3v) is 4.28. The third-order valence-electron chi connectivity index (χ3n) is 3.45. The molecule has 0 N–H and O–H groups in total. The Morgan fingerprint density at radius 1 is 1.27 bits per heavy atom. The number of likely N-dealkylation sites (N-methyl/N-ethyl adjacent to an activating group) is 2. The zero-order valence-corrected chi connectivity index (χ0v) is 14.4. The van der Waals surface area contributed by atoms with Crippen molar-refractivity contribution in [1.82, 2.24) is 9.80 Å². The van der Waals surface area contributed by atoms with Gasteiger partial charge in [-0.1, -0.05) is 11.6 Å². The first-order valence-corrected chi connectivity index (χ1v) is 7.46. The predicted octanol–water partition coefficient (Wildman–Crippen LogP) is 2.78. The molecule has 1 amide bonds. The number of hydrogen-bond donors (Lipinski definition) is 0. The van der Waals surface area contributed by atoms with Crippen LogP contribution >= 0.6 is 23.8 Å². The molecule has 0 radical (unpaired) electrons. The van der Waals surface area contributed by atoms with Crippen LogP contribution in [0.25, 0.3) is 6.08 Å². The normalized spacial score (nSPS) is 16.7. The molecule has 0 bridgehead atoms. The second kappa shape index (κ2) is 6.54. The van der Waals surface area contributed by atoms with Crippen LogP contribution in [0.4, 0.5) is 0 Å². The number of carbonyl (C=O) groups excluding carboxylic acids is 1. The Kier molecular flexibility index (Phi) is 4.93. The quantitative estimate of drug-likeness (QED) is 0.623. The van der Waals surface area contributed by atoms with Crippen LogP contribution in [-0.2, 0) is 4.79 Å². The van der Waals surface area contributed by atoms with Crippen molar-refractivity contribution in [3.8, 4) is 11.5 Å². The maximum Gasteiger partial charge on any atom is 0.276 e. The lowest BCUT2D eigenvalue weighted by atomic mass is 10.1. The van der Waals surface area contributed by atoms with Crippen molar-refractivity contribution in [2.75, 3.05) is 27.8 Å². The maximum atomic E-state index is 12.4. The number of rotatable bonds is 4. The third kappa shape index (κ3) is 2.76. The second-order valence-electron chi connectivity index (χ2n) is 4.65. The summed E-state index contributed by atoms with van der Waals surface area (Å²) in [5, 5.41) is 0.947. The molecule has 0 saturated carbocycles. The monoisotopic (exact) mass is 340 g/mol. The summed E-state index contributed by atoms with van der Waals surface area (Å²) in [6, 6.07) is 3.38. The van der Waals surface area contributed by atoms with E-state index < -0.39 is 0 Å². The van der Waals surface area contributed by atoms with Crippen molar-refractivity contribution in [1.29, 1.82) is 0 Å². The van der Waals surface area contributed by atoms with Crippen molar-refractivity contribution >= 4 is 40.9 Å². The molecule has 1 saturated heterocycles. The summed E-state index contributed by atoms with van der Waals surface area (Å²) in [6.45, 7) is 2.41. The first kappa shape index (κ1) is 16.6. The van der Waals surface area contributed by atoms with Gasteiger partial charge < -0.3 is 14.4 Å². The van der Waals surface area contributed by atoms with Crippen molar-refractivity contribution < 1.29 is 14.3 Å². The molecular weight excluding hydrogens is 324 g/mol. The average molecular weight is 341 g/mol. The van der Waals surface area contributed by atoms with Crippen molar-refractivity contribution in [2.45, 2.75) is 6.92 Å². The molecule has 1 aliphatic rings. The van der Waals surface area contributed by atoms with Gasteiger partial charge in [0.25, 0.3) is 5.91 Å². The van der Waals surface area contributed by atoms with E-state index in [-0.39, 0.29) is 5.91 Å². The standard InChI is InChI=1S/C15H17ClN2O3S/c1-5-18-14(19)11(17(2)15(18)22)6-9-7-12(20-3)13(21-4)8-10(9)16/h6-8H,5H2,1-4H3/b11-6-. The molecule has 0 aliphatic carbocycles.